The molecule has 2 N–H and O–H groups in total. The summed E-state index contributed by atoms with van der Waals surface area (Å²) in [5.74, 6) is -0.0666. The van der Waals surface area contributed by atoms with Crippen molar-refractivity contribution in [1.29, 1.82) is 0 Å². The van der Waals surface area contributed by atoms with Crippen molar-refractivity contribution >= 4 is 27.5 Å². The maximum absolute atomic E-state index is 12.5. The molecule has 0 saturated carbocycles. The quantitative estimate of drug-likeness (QED) is 0.704. The summed E-state index contributed by atoms with van der Waals surface area (Å²) in [6.07, 6.45) is 4.57. The first-order valence-electron chi connectivity index (χ1n) is 8.17. The monoisotopic (exact) mass is 388 g/mol. The van der Waals surface area contributed by atoms with E-state index in [1.807, 2.05) is 0 Å². The number of hydrogen-bond acceptors (Lipinski definition) is 6. The number of pyridine rings is 2. The number of fused-ring (bicyclic) bond motifs is 1. The Kier molecular flexibility index (Phi) is 4.70. The van der Waals surface area contributed by atoms with Gasteiger partial charge in [-0.05, 0) is 39.0 Å². The third kappa shape index (κ3) is 4.47. The van der Waals surface area contributed by atoms with E-state index in [2.05, 4.69) is 25.1 Å². The number of nitrogens with one attached hydrogen (secondary N) is 2. The third-order valence-electron chi connectivity index (χ3n) is 3.42. The molecule has 3 rings (SSSR count). The van der Waals surface area contributed by atoms with Crippen LogP contribution in [0.1, 0.15) is 27.7 Å². The first-order chi connectivity index (χ1) is 12.5. The van der Waals surface area contributed by atoms with E-state index >= 15 is 0 Å². The Balaban J connectivity index is 1.98. The highest BCUT2D eigenvalue weighted by Gasteiger charge is 2.22. The lowest BCUT2D eigenvalue weighted by atomic mass is 10.1. The van der Waals surface area contributed by atoms with Gasteiger partial charge in [0.15, 0.2) is 5.65 Å². The Labute approximate surface area is 156 Å². The molecule has 0 radical (unpaired) electrons. The topological polar surface area (TPSA) is 118 Å². The van der Waals surface area contributed by atoms with Gasteiger partial charge in [-0.3, -0.25) is 15.1 Å². The fraction of sp³-hybridized carbons (Fsp3) is 0.294. The van der Waals surface area contributed by atoms with Crippen LogP contribution in [0.2, 0.25) is 0 Å². The van der Waals surface area contributed by atoms with E-state index in [-0.39, 0.29) is 16.8 Å². The summed E-state index contributed by atoms with van der Waals surface area (Å²) >= 11 is 0. The van der Waals surface area contributed by atoms with Crippen molar-refractivity contribution < 1.29 is 13.2 Å². The predicted molar refractivity (Wildman–Crippen MR) is 101 cm³/mol. The van der Waals surface area contributed by atoms with Crippen LogP contribution in [0.5, 0.6) is 0 Å². The van der Waals surface area contributed by atoms with Gasteiger partial charge in [0.05, 0.1) is 0 Å². The summed E-state index contributed by atoms with van der Waals surface area (Å²) in [6.45, 7) is 6.69. The van der Waals surface area contributed by atoms with Gasteiger partial charge in [0.2, 0.25) is 21.9 Å². The highest BCUT2D eigenvalue weighted by Crippen LogP contribution is 2.22. The first kappa shape index (κ1) is 18.9. The van der Waals surface area contributed by atoms with Crippen LogP contribution in [0.15, 0.2) is 41.7 Å². The first-order valence-corrected chi connectivity index (χ1v) is 9.65. The molecule has 27 heavy (non-hydrogen) atoms. The van der Waals surface area contributed by atoms with Crippen LogP contribution in [-0.4, -0.2) is 39.4 Å². The maximum Gasteiger partial charge on any atom is 0.249 e. The summed E-state index contributed by atoms with van der Waals surface area (Å²) in [4.78, 5) is 19.5. The molecule has 1 amide bonds. The van der Waals surface area contributed by atoms with Crippen molar-refractivity contribution in [3.63, 3.8) is 0 Å². The molecule has 0 aromatic carbocycles. The number of amides is 1. The molecule has 0 aliphatic rings. The van der Waals surface area contributed by atoms with Gasteiger partial charge in [-0.1, -0.05) is 0 Å². The van der Waals surface area contributed by atoms with E-state index < -0.39 is 15.6 Å². The number of carbonyl (C=O) groups is 1. The Morgan fingerprint density at radius 3 is 2.56 bits per heavy atom. The van der Waals surface area contributed by atoms with Crippen LogP contribution in [0, 0.1) is 0 Å². The molecule has 3 heterocycles. The molecular weight excluding hydrogens is 368 g/mol. The molecule has 10 heteroatoms. The van der Waals surface area contributed by atoms with Crippen molar-refractivity contribution in [1.82, 2.24) is 24.3 Å². The average molecular weight is 388 g/mol. The molecular formula is C17H20N6O3S. The minimum absolute atomic E-state index is 0.0764. The van der Waals surface area contributed by atoms with Gasteiger partial charge in [-0.2, -0.15) is 4.98 Å². The molecule has 0 saturated heterocycles. The molecule has 0 fully saturated rings. The fourth-order valence-corrected chi connectivity index (χ4v) is 3.86. The molecule has 9 nitrogen and oxygen atoms in total. The number of carbonyl (C=O) groups excluding carboxylic acids is 1. The molecule has 0 unspecified atom stereocenters. The van der Waals surface area contributed by atoms with E-state index in [1.165, 1.54) is 17.6 Å². The van der Waals surface area contributed by atoms with Gasteiger partial charge in [0.1, 0.15) is 4.90 Å². The summed E-state index contributed by atoms with van der Waals surface area (Å²) < 4.78 is 29.2. The molecule has 0 atom stereocenters. The fourth-order valence-electron chi connectivity index (χ4n) is 2.45. The molecule has 0 spiro atoms. The van der Waals surface area contributed by atoms with Crippen LogP contribution < -0.4 is 10.0 Å². The van der Waals surface area contributed by atoms with Crippen LogP contribution in [0.4, 0.5) is 5.95 Å². The van der Waals surface area contributed by atoms with Gasteiger partial charge in [0.25, 0.3) is 0 Å². The van der Waals surface area contributed by atoms with Crippen LogP contribution in [-0.2, 0) is 14.8 Å². The SMILES string of the molecule is CC(=O)Nc1nc2ccc(-c3cncc(S(=O)(=O)NC(C)(C)C)c3)cn2n1. The smallest absolute Gasteiger partial charge is 0.249 e. The second-order valence-corrected chi connectivity index (χ2v) is 8.78. The number of sulfonamides is 1. The molecule has 0 aliphatic heterocycles. The lowest BCUT2D eigenvalue weighted by molar-refractivity contribution is -0.114. The molecule has 0 aliphatic carbocycles. The van der Waals surface area contributed by atoms with Crippen molar-refractivity contribution in [3.05, 3.63) is 36.8 Å². The number of rotatable bonds is 4. The van der Waals surface area contributed by atoms with Crippen LogP contribution in [0.25, 0.3) is 16.8 Å². The zero-order chi connectivity index (χ0) is 19.8. The number of hydrogen-bond donors (Lipinski definition) is 2. The minimum atomic E-state index is -3.70. The van der Waals surface area contributed by atoms with Crippen molar-refractivity contribution in [2.75, 3.05) is 5.32 Å². The molecule has 0 bridgehead atoms. The molecule has 3 aromatic rings. The number of anilines is 1. The molecule has 142 valence electrons. The van der Waals surface area contributed by atoms with Crippen LogP contribution in [0.3, 0.4) is 0 Å². The van der Waals surface area contributed by atoms with E-state index in [0.29, 0.717) is 16.8 Å². The van der Waals surface area contributed by atoms with E-state index in [9.17, 15) is 13.2 Å². The summed E-state index contributed by atoms with van der Waals surface area (Å²) in [6, 6.07) is 5.06. The van der Waals surface area contributed by atoms with Crippen molar-refractivity contribution in [3.8, 4) is 11.1 Å². The third-order valence-corrected chi connectivity index (χ3v) is 5.14. The Bertz CT molecular complexity index is 1120. The lowest BCUT2D eigenvalue weighted by Gasteiger charge is -2.20. The Morgan fingerprint density at radius 1 is 1.15 bits per heavy atom. The van der Waals surface area contributed by atoms with E-state index in [4.69, 9.17) is 0 Å². The Morgan fingerprint density at radius 2 is 1.89 bits per heavy atom. The second kappa shape index (κ2) is 6.71. The van der Waals surface area contributed by atoms with Gasteiger partial charge in [-0.15, -0.1) is 5.10 Å². The standard InChI is InChI=1S/C17H20N6O3S/c1-11(24)19-16-20-15-6-5-12(10-23(15)21-16)13-7-14(9-18-8-13)27(25,26)22-17(2,3)4/h5-10,22H,1-4H3,(H,19,21,24). The highest BCUT2D eigenvalue weighted by atomic mass is 32.2. The normalized spacial score (nSPS) is 12.3. The van der Waals surface area contributed by atoms with Gasteiger partial charge in [0, 0.05) is 42.2 Å². The zero-order valence-electron chi connectivity index (χ0n) is 15.4. The average Bonchev–Trinajstić information content (AvgIpc) is 2.93. The second-order valence-electron chi connectivity index (χ2n) is 7.10. The van der Waals surface area contributed by atoms with Crippen LogP contribution >= 0.6 is 0 Å². The molecule has 3 aromatic heterocycles. The lowest BCUT2D eigenvalue weighted by Crippen LogP contribution is -2.40. The maximum atomic E-state index is 12.5. The van der Waals surface area contributed by atoms with Gasteiger partial charge < -0.3 is 0 Å². The zero-order valence-corrected chi connectivity index (χ0v) is 16.2. The van der Waals surface area contributed by atoms with Crippen molar-refractivity contribution in [2.24, 2.45) is 0 Å². The minimum Gasteiger partial charge on any atom is -0.293 e. The predicted octanol–water partition coefficient (Wildman–Crippen LogP) is 1.83. The summed E-state index contributed by atoms with van der Waals surface area (Å²) in [7, 11) is -3.70. The number of aromatic nitrogens is 4. The summed E-state index contributed by atoms with van der Waals surface area (Å²) in [5, 5.41) is 6.70. The Hall–Kier alpha value is -2.85. The van der Waals surface area contributed by atoms with E-state index in [1.54, 1.807) is 51.4 Å². The number of nitrogens with zero attached hydrogens (tertiary/aromatic N) is 4. The van der Waals surface area contributed by atoms with Gasteiger partial charge in [-0.25, -0.2) is 17.7 Å². The summed E-state index contributed by atoms with van der Waals surface area (Å²) in [5.41, 5.74) is 1.27. The van der Waals surface area contributed by atoms with Crippen molar-refractivity contribution in [2.45, 2.75) is 38.1 Å². The van der Waals surface area contributed by atoms with Gasteiger partial charge >= 0.3 is 0 Å². The highest BCUT2D eigenvalue weighted by molar-refractivity contribution is 7.89. The largest absolute Gasteiger partial charge is 0.293 e. The van der Waals surface area contributed by atoms with E-state index in [0.717, 1.165) is 0 Å².